The molecule has 0 aliphatic heterocycles. The number of aryl methyl sites for hydroxylation is 1. The van der Waals surface area contributed by atoms with E-state index in [-0.39, 0.29) is 5.78 Å². The lowest BCUT2D eigenvalue weighted by Crippen LogP contribution is -2.07. The normalized spacial score (nSPS) is 10.9. The van der Waals surface area contributed by atoms with Gasteiger partial charge >= 0.3 is 0 Å². The van der Waals surface area contributed by atoms with Crippen LogP contribution in [0, 0.1) is 0 Å². The summed E-state index contributed by atoms with van der Waals surface area (Å²) in [6.07, 6.45) is 8.35. The Labute approximate surface area is 99.6 Å². The van der Waals surface area contributed by atoms with Crippen LogP contribution >= 0.6 is 0 Å². The van der Waals surface area contributed by atoms with Crippen molar-refractivity contribution in [2.75, 3.05) is 0 Å². The van der Waals surface area contributed by atoms with Crippen molar-refractivity contribution in [1.82, 2.24) is 14.8 Å². The molecular weight excluding hydrogens is 214 g/mol. The number of aromatic nitrogens is 3. The maximum atomic E-state index is 11.9. The summed E-state index contributed by atoms with van der Waals surface area (Å²) in [6, 6.07) is 5.42. The molecule has 0 atom stereocenters. The Hall–Kier alpha value is -2.23. The van der Waals surface area contributed by atoms with Crippen LogP contribution in [0.3, 0.4) is 0 Å². The van der Waals surface area contributed by atoms with E-state index in [1.54, 1.807) is 41.5 Å². The van der Waals surface area contributed by atoms with Crippen LogP contribution in [0.2, 0.25) is 0 Å². The lowest BCUT2D eigenvalue weighted by molar-refractivity contribution is 0.103. The molecule has 4 heteroatoms. The van der Waals surface area contributed by atoms with Gasteiger partial charge in [0.05, 0.1) is 0 Å². The summed E-state index contributed by atoms with van der Waals surface area (Å²) in [7, 11) is 0. The van der Waals surface area contributed by atoms with Gasteiger partial charge < -0.3 is 0 Å². The maximum absolute atomic E-state index is 11.9. The van der Waals surface area contributed by atoms with E-state index in [2.05, 4.69) is 10.1 Å². The number of rotatable bonds is 4. The van der Waals surface area contributed by atoms with Gasteiger partial charge in [-0.15, -0.1) is 0 Å². The van der Waals surface area contributed by atoms with Gasteiger partial charge in [-0.2, -0.15) is 5.10 Å². The zero-order valence-corrected chi connectivity index (χ0v) is 9.58. The summed E-state index contributed by atoms with van der Waals surface area (Å²) >= 11 is 0. The van der Waals surface area contributed by atoms with Gasteiger partial charge in [0, 0.05) is 25.1 Å². The molecule has 0 N–H and O–H groups in total. The molecule has 0 radical (unpaired) electrons. The van der Waals surface area contributed by atoms with Gasteiger partial charge in [0.2, 0.25) is 5.78 Å². The van der Waals surface area contributed by atoms with Gasteiger partial charge in [-0.3, -0.25) is 14.5 Å². The minimum absolute atomic E-state index is 0.0406. The lowest BCUT2D eigenvalue weighted by atomic mass is 10.2. The Morgan fingerprint density at radius 1 is 1.29 bits per heavy atom. The van der Waals surface area contributed by atoms with E-state index in [4.69, 9.17) is 0 Å². The van der Waals surface area contributed by atoms with Crippen molar-refractivity contribution < 1.29 is 4.79 Å². The third-order valence-corrected chi connectivity index (χ3v) is 2.40. The average molecular weight is 227 g/mol. The highest BCUT2D eigenvalue weighted by molar-refractivity contribution is 6.05. The quantitative estimate of drug-likeness (QED) is 0.594. The standard InChI is InChI=1S/C13H13N3O/c1-2-16-12(7-10-15-16)13(17)4-3-11-5-8-14-9-6-11/h3-10H,2H2,1H3/b4-3+. The van der Waals surface area contributed by atoms with Crippen molar-refractivity contribution in [2.24, 2.45) is 0 Å². The van der Waals surface area contributed by atoms with E-state index < -0.39 is 0 Å². The minimum Gasteiger partial charge on any atom is -0.288 e. The molecule has 2 aromatic heterocycles. The second kappa shape index (κ2) is 5.21. The van der Waals surface area contributed by atoms with Crippen molar-refractivity contribution in [3.8, 4) is 0 Å². The van der Waals surface area contributed by atoms with E-state index in [0.29, 0.717) is 12.2 Å². The molecule has 0 bridgehead atoms. The molecule has 86 valence electrons. The van der Waals surface area contributed by atoms with E-state index in [0.717, 1.165) is 5.56 Å². The van der Waals surface area contributed by atoms with Crippen molar-refractivity contribution in [1.29, 1.82) is 0 Å². The smallest absolute Gasteiger partial charge is 0.203 e. The average Bonchev–Trinajstić information content (AvgIpc) is 2.85. The second-order valence-electron chi connectivity index (χ2n) is 3.51. The molecule has 0 spiro atoms. The Kier molecular flexibility index (Phi) is 3.45. The van der Waals surface area contributed by atoms with Crippen molar-refractivity contribution in [2.45, 2.75) is 13.5 Å². The van der Waals surface area contributed by atoms with Gasteiger partial charge in [-0.05, 0) is 36.8 Å². The molecule has 0 saturated carbocycles. The second-order valence-corrected chi connectivity index (χ2v) is 3.51. The predicted molar refractivity (Wildman–Crippen MR) is 65.5 cm³/mol. The number of carbonyl (C=O) groups is 1. The van der Waals surface area contributed by atoms with Crippen molar-refractivity contribution >= 4 is 11.9 Å². The molecule has 17 heavy (non-hydrogen) atoms. The van der Waals surface area contributed by atoms with E-state index in [1.165, 1.54) is 0 Å². The number of carbonyl (C=O) groups excluding carboxylic acids is 1. The number of pyridine rings is 1. The van der Waals surface area contributed by atoms with Gasteiger partial charge in [0.15, 0.2) is 0 Å². The van der Waals surface area contributed by atoms with E-state index in [1.807, 2.05) is 19.1 Å². The zero-order chi connectivity index (χ0) is 12.1. The van der Waals surface area contributed by atoms with Crippen LogP contribution in [0.25, 0.3) is 6.08 Å². The molecule has 0 unspecified atom stereocenters. The Balaban J connectivity index is 2.15. The number of ketones is 1. The topological polar surface area (TPSA) is 47.8 Å². The Morgan fingerprint density at radius 2 is 2.06 bits per heavy atom. The number of nitrogens with zero attached hydrogens (tertiary/aromatic N) is 3. The fourth-order valence-electron chi connectivity index (χ4n) is 1.53. The number of hydrogen-bond donors (Lipinski definition) is 0. The minimum atomic E-state index is -0.0406. The van der Waals surface area contributed by atoms with Crippen LogP contribution in [0.15, 0.2) is 42.9 Å². The predicted octanol–water partition coefficient (Wildman–Crippen LogP) is 2.19. The monoisotopic (exact) mass is 227 g/mol. The van der Waals surface area contributed by atoms with Gasteiger partial charge in [-0.25, -0.2) is 0 Å². The molecule has 2 aromatic rings. The number of hydrogen-bond acceptors (Lipinski definition) is 3. The van der Waals surface area contributed by atoms with E-state index >= 15 is 0 Å². The van der Waals surface area contributed by atoms with Gasteiger partial charge in [-0.1, -0.05) is 6.08 Å². The summed E-state index contributed by atoms with van der Waals surface area (Å²) < 4.78 is 1.68. The maximum Gasteiger partial charge on any atom is 0.203 e. The van der Waals surface area contributed by atoms with Crippen LogP contribution in [0.5, 0.6) is 0 Å². The summed E-state index contributed by atoms with van der Waals surface area (Å²) in [4.78, 5) is 15.8. The molecule has 0 fully saturated rings. The van der Waals surface area contributed by atoms with Gasteiger partial charge in [0.25, 0.3) is 0 Å². The summed E-state index contributed by atoms with van der Waals surface area (Å²) in [6.45, 7) is 2.65. The van der Waals surface area contributed by atoms with Gasteiger partial charge in [0.1, 0.15) is 5.69 Å². The molecule has 4 nitrogen and oxygen atoms in total. The van der Waals surface area contributed by atoms with Crippen molar-refractivity contribution in [3.05, 3.63) is 54.1 Å². The fraction of sp³-hybridized carbons (Fsp3) is 0.154. The molecule has 2 rings (SSSR count). The largest absolute Gasteiger partial charge is 0.288 e. The first-order valence-corrected chi connectivity index (χ1v) is 5.45. The van der Waals surface area contributed by atoms with Crippen LogP contribution in [0.4, 0.5) is 0 Å². The molecule has 0 amide bonds. The Bertz CT molecular complexity index is 529. The zero-order valence-electron chi connectivity index (χ0n) is 9.58. The van der Waals surface area contributed by atoms with Crippen LogP contribution in [-0.2, 0) is 6.54 Å². The van der Waals surface area contributed by atoms with E-state index in [9.17, 15) is 4.79 Å². The van der Waals surface area contributed by atoms with Crippen LogP contribution in [-0.4, -0.2) is 20.5 Å². The molecular formula is C13H13N3O. The third kappa shape index (κ3) is 2.66. The first-order chi connectivity index (χ1) is 8.31. The van der Waals surface area contributed by atoms with Crippen molar-refractivity contribution in [3.63, 3.8) is 0 Å². The SMILES string of the molecule is CCn1nccc1C(=O)/C=C/c1ccncc1. The lowest BCUT2D eigenvalue weighted by Gasteiger charge is -1.99. The summed E-state index contributed by atoms with van der Waals surface area (Å²) in [5.41, 5.74) is 1.56. The molecule has 2 heterocycles. The summed E-state index contributed by atoms with van der Waals surface area (Å²) in [5.74, 6) is -0.0406. The first kappa shape index (κ1) is 11.3. The molecule has 0 aromatic carbocycles. The highest BCUT2D eigenvalue weighted by Gasteiger charge is 2.07. The molecule has 0 aliphatic rings. The number of allylic oxidation sites excluding steroid dienone is 1. The fourth-order valence-corrected chi connectivity index (χ4v) is 1.53. The Morgan fingerprint density at radius 3 is 2.76 bits per heavy atom. The highest BCUT2D eigenvalue weighted by atomic mass is 16.1. The third-order valence-electron chi connectivity index (χ3n) is 2.40. The first-order valence-electron chi connectivity index (χ1n) is 5.45. The molecule has 0 saturated heterocycles. The molecule has 0 aliphatic carbocycles. The van der Waals surface area contributed by atoms with Crippen LogP contribution < -0.4 is 0 Å². The van der Waals surface area contributed by atoms with Crippen LogP contribution in [0.1, 0.15) is 23.0 Å². The summed E-state index contributed by atoms with van der Waals surface area (Å²) in [5, 5.41) is 4.06. The highest BCUT2D eigenvalue weighted by Crippen LogP contribution is 2.04.